The van der Waals surface area contributed by atoms with Gasteiger partial charge in [-0.15, -0.1) is 0 Å². The van der Waals surface area contributed by atoms with Crippen LogP contribution in [0.4, 0.5) is 0 Å². The molecule has 0 aliphatic carbocycles. The van der Waals surface area contributed by atoms with E-state index in [1.807, 2.05) is 24.3 Å². The van der Waals surface area contributed by atoms with Crippen molar-refractivity contribution in [2.24, 2.45) is 4.99 Å². The molecule has 4 nitrogen and oxygen atoms in total. The largest absolute Gasteiger partial charge is 0.494 e. The lowest BCUT2D eigenvalue weighted by Gasteiger charge is -2.06. The first-order valence-corrected chi connectivity index (χ1v) is 11.8. The van der Waals surface area contributed by atoms with Crippen LogP contribution in [0.25, 0.3) is 0 Å². The van der Waals surface area contributed by atoms with Crippen LogP contribution in [-0.2, 0) is 11.1 Å². The average molecular weight is 396 g/mol. The quantitative estimate of drug-likeness (QED) is 0.199. The highest BCUT2D eigenvalue weighted by Gasteiger charge is 1.96. The van der Waals surface area contributed by atoms with E-state index in [-0.39, 0.29) is 5.75 Å². The predicted octanol–water partition coefficient (Wildman–Crippen LogP) is 6.02. The predicted molar refractivity (Wildman–Crippen MR) is 116 cm³/mol. The number of benzene rings is 1. The molecule has 1 aromatic rings. The van der Waals surface area contributed by atoms with Gasteiger partial charge in [0.05, 0.1) is 12.4 Å². The Bertz CT molecular complexity index is 517. The minimum Gasteiger partial charge on any atom is -0.494 e. The Morgan fingerprint density at radius 1 is 0.926 bits per heavy atom. The molecule has 0 saturated heterocycles. The van der Waals surface area contributed by atoms with Crippen LogP contribution in [0.1, 0.15) is 83.1 Å². The van der Waals surface area contributed by atoms with Crippen LogP contribution in [-0.4, -0.2) is 33.9 Å². The highest BCUT2D eigenvalue weighted by Crippen LogP contribution is 2.13. The fourth-order valence-corrected chi connectivity index (χ4v) is 3.25. The van der Waals surface area contributed by atoms with Crippen molar-refractivity contribution in [1.82, 2.24) is 0 Å². The molecule has 1 unspecified atom stereocenters. The molecule has 0 aliphatic rings. The van der Waals surface area contributed by atoms with E-state index in [0.717, 1.165) is 24.3 Å². The third-order valence-corrected chi connectivity index (χ3v) is 5.13. The molecule has 27 heavy (non-hydrogen) atoms. The molecule has 0 saturated carbocycles. The van der Waals surface area contributed by atoms with Crippen molar-refractivity contribution in [2.75, 3.05) is 18.9 Å². The van der Waals surface area contributed by atoms with Gasteiger partial charge in [0.15, 0.2) is 11.1 Å². The summed E-state index contributed by atoms with van der Waals surface area (Å²) in [6.07, 6.45) is 15.8. The van der Waals surface area contributed by atoms with Crippen LogP contribution >= 0.6 is 0 Å². The number of hydrogen-bond donors (Lipinski definition) is 1. The molecule has 1 aromatic carbocycles. The number of unbranched alkanes of at least 4 members (excludes halogenated alkanes) is 9. The van der Waals surface area contributed by atoms with E-state index in [2.05, 4.69) is 11.9 Å². The van der Waals surface area contributed by atoms with Gasteiger partial charge in [-0.1, -0.05) is 64.7 Å². The molecule has 0 aromatic heterocycles. The Kier molecular flexibility index (Phi) is 15.0. The SMILES string of the molecule is CCCCCCCCCCCCOc1ccc(C=NCCCS(=O)O)cc1. The van der Waals surface area contributed by atoms with Gasteiger partial charge < -0.3 is 9.29 Å². The molecule has 0 aliphatic heterocycles. The van der Waals surface area contributed by atoms with Crippen molar-refractivity contribution >= 4 is 17.3 Å². The van der Waals surface area contributed by atoms with Crippen LogP contribution in [0.15, 0.2) is 29.3 Å². The van der Waals surface area contributed by atoms with Crippen molar-refractivity contribution in [2.45, 2.75) is 77.6 Å². The van der Waals surface area contributed by atoms with Crippen LogP contribution < -0.4 is 4.74 Å². The molecule has 5 heteroatoms. The van der Waals surface area contributed by atoms with Gasteiger partial charge in [0, 0.05) is 12.8 Å². The molecule has 1 rings (SSSR count). The molecule has 1 atom stereocenters. The van der Waals surface area contributed by atoms with Crippen LogP contribution in [0.2, 0.25) is 0 Å². The molecule has 0 amide bonds. The van der Waals surface area contributed by atoms with Gasteiger partial charge >= 0.3 is 0 Å². The van der Waals surface area contributed by atoms with E-state index in [9.17, 15) is 4.21 Å². The second-order valence-electron chi connectivity index (χ2n) is 7.01. The zero-order valence-electron chi connectivity index (χ0n) is 16.9. The molecule has 154 valence electrons. The fraction of sp³-hybridized carbons (Fsp3) is 0.682. The van der Waals surface area contributed by atoms with Gasteiger partial charge in [0.2, 0.25) is 0 Å². The summed E-state index contributed by atoms with van der Waals surface area (Å²) in [6, 6.07) is 7.92. The zero-order valence-corrected chi connectivity index (χ0v) is 17.7. The first-order valence-electron chi connectivity index (χ1n) is 10.5. The van der Waals surface area contributed by atoms with E-state index >= 15 is 0 Å². The molecule has 0 fully saturated rings. The van der Waals surface area contributed by atoms with Gasteiger partial charge in [-0.05, 0) is 42.7 Å². The molecular weight excluding hydrogens is 358 g/mol. The number of hydrogen-bond acceptors (Lipinski definition) is 3. The summed E-state index contributed by atoms with van der Waals surface area (Å²) in [6.45, 7) is 3.62. The molecule has 1 N–H and O–H groups in total. The lowest BCUT2D eigenvalue weighted by atomic mass is 10.1. The first kappa shape index (κ1) is 23.8. The maximum Gasteiger partial charge on any atom is 0.152 e. The summed E-state index contributed by atoms with van der Waals surface area (Å²) in [5.74, 6) is 1.18. The van der Waals surface area contributed by atoms with Gasteiger partial charge in [-0.3, -0.25) is 4.99 Å². The summed E-state index contributed by atoms with van der Waals surface area (Å²) in [5, 5.41) is 0. The van der Waals surface area contributed by atoms with Crippen molar-refractivity contribution in [3.8, 4) is 5.75 Å². The number of aliphatic imine (C=N–C) groups is 1. The smallest absolute Gasteiger partial charge is 0.152 e. The van der Waals surface area contributed by atoms with Gasteiger partial charge in [0.1, 0.15) is 5.75 Å². The molecule has 0 bridgehead atoms. The van der Waals surface area contributed by atoms with E-state index in [1.54, 1.807) is 6.21 Å². The standard InChI is InChI=1S/C22H37NO3S/c1-2-3-4-5-6-7-8-9-10-11-18-26-22-15-13-21(14-16-22)20-23-17-12-19-27(24)25/h13-16,20H,2-12,17-19H2,1H3,(H,24,25). The number of ether oxygens (including phenoxy) is 1. The van der Waals surface area contributed by atoms with Gasteiger partial charge in [-0.2, -0.15) is 0 Å². The molecule has 0 radical (unpaired) electrons. The summed E-state index contributed by atoms with van der Waals surface area (Å²) in [7, 11) is 0. The maximum absolute atomic E-state index is 10.5. The number of nitrogens with zero attached hydrogens (tertiary/aromatic N) is 1. The summed E-state index contributed by atoms with van der Waals surface area (Å²) in [5.41, 5.74) is 1.02. The minimum absolute atomic E-state index is 0.281. The lowest BCUT2D eigenvalue weighted by Crippen LogP contribution is -1.98. The van der Waals surface area contributed by atoms with Crippen LogP contribution in [0.5, 0.6) is 5.75 Å². The maximum atomic E-state index is 10.5. The van der Waals surface area contributed by atoms with E-state index in [1.165, 1.54) is 57.8 Å². The van der Waals surface area contributed by atoms with E-state index < -0.39 is 11.1 Å². The monoisotopic (exact) mass is 395 g/mol. The summed E-state index contributed by atoms with van der Waals surface area (Å²) < 4.78 is 25.0. The molecular formula is C22H37NO3S. The van der Waals surface area contributed by atoms with Crippen molar-refractivity contribution < 1.29 is 13.5 Å². The van der Waals surface area contributed by atoms with Gasteiger partial charge in [0.25, 0.3) is 0 Å². The van der Waals surface area contributed by atoms with Crippen LogP contribution in [0, 0.1) is 0 Å². The van der Waals surface area contributed by atoms with Crippen molar-refractivity contribution in [3.63, 3.8) is 0 Å². The Morgan fingerprint density at radius 3 is 2.11 bits per heavy atom. The second kappa shape index (κ2) is 16.9. The Morgan fingerprint density at radius 2 is 1.52 bits per heavy atom. The van der Waals surface area contributed by atoms with Crippen molar-refractivity contribution in [3.05, 3.63) is 29.8 Å². The highest BCUT2D eigenvalue weighted by molar-refractivity contribution is 7.79. The Balaban J connectivity index is 2.01. The summed E-state index contributed by atoms with van der Waals surface area (Å²) >= 11 is -1.72. The normalized spacial score (nSPS) is 12.5. The highest BCUT2D eigenvalue weighted by atomic mass is 32.2. The number of rotatable bonds is 17. The minimum atomic E-state index is -1.72. The Hall–Kier alpha value is -1.20. The van der Waals surface area contributed by atoms with E-state index in [4.69, 9.17) is 9.29 Å². The van der Waals surface area contributed by atoms with Crippen LogP contribution in [0.3, 0.4) is 0 Å². The zero-order chi connectivity index (χ0) is 19.6. The fourth-order valence-electron chi connectivity index (χ4n) is 2.88. The first-order chi connectivity index (χ1) is 13.2. The molecule has 0 spiro atoms. The van der Waals surface area contributed by atoms with Crippen molar-refractivity contribution in [1.29, 1.82) is 0 Å². The topological polar surface area (TPSA) is 58.9 Å². The lowest BCUT2D eigenvalue weighted by molar-refractivity contribution is 0.304. The third kappa shape index (κ3) is 14.5. The summed E-state index contributed by atoms with van der Waals surface area (Å²) in [4.78, 5) is 4.26. The van der Waals surface area contributed by atoms with Gasteiger partial charge in [-0.25, -0.2) is 4.21 Å². The average Bonchev–Trinajstić information content (AvgIpc) is 2.66. The van der Waals surface area contributed by atoms with E-state index in [0.29, 0.717) is 13.0 Å². The third-order valence-electron chi connectivity index (χ3n) is 4.49. The second-order valence-corrected chi connectivity index (χ2v) is 8.07. The Labute approximate surface area is 168 Å². The molecule has 0 heterocycles.